The largest absolute Gasteiger partial charge is 0.474 e. The van der Waals surface area contributed by atoms with Crippen LogP contribution in [0.25, 0.3) is 10.7 Å². The van der Waals surface area contributed by atoms with E-state index in [2.05, 4.69) is 10.2 Å². The summed E-state index contributed by atoms with van der Waals surface area (Å²) >= 11 is 7.07. The number of nitrogens with two attached hydrogens (primary N) is 1. The molecule has 0 fully saturated rings. The molecule has 5 nitrogen and oxygen atoms in total. The van der Waals surface area contributed by atoms with E-state index in [-0.39, 0.29) is 11.1 Å². The zero-order chi connectivity index (χ0) is 19.9. The van der Waals surface area contributed by atoms with Crippen LogP contribution in [-0.2, 0) is 5.60 Å². The molecule has 9 heteroatoms. The molecule has 144 valence electrons. The minimum Gasteiger partial charge on any atom is -0.474 e. The van der Waals surface area contributed by atoms with Crippen LogP contribution in [0.1, 0.15) is 39.6 Å². The molecule has 0 bridgehead atoms. The number of aromatic nitrogens is 3. The Labute approximate surface area is 164 Å². The summed E-state index contributed by atoms with van der Waals surface area (Å²) < 4.78 is 35.9. The second-order valence-electron chi connectivity index (χ2n) is 6.82. The topological polar surface area (TPSA) is 66.0 Å². The van der Waals surface area contributed by atoms with Crippen LogP contribution in [0.5, 0.6) is 5.75 Å². The third-order valence-corrected chi connectivity index (χ3v) is 5.05. The second kappa shape index (κ2) is 7.09. The van der Waals surface area contributed by atoms with Gasteiger partial charge in [-0.15, -0.1) is 21.5 Å². The van der Waals surface area contributed by atoms with Gasteiger partial charge in [0.1, 0.15) is 0 Å². The SMILES string of the molecule is CC(C)n1c(-c2ccc(N)s2)nnc1C(C)(C)Oc1c(F)cc(Cl)cc1F. The molecule has 1 aromatic carbocycles. The molecule has 0 amide bonds. The number of hydrogen-bond donors (Lipinski definition) is 1. The molecular formula is C18H19ClF2N4OS. The highest BCUT2D eigenvalue weighted by molar-refractivity contribution is 7.19. The molecule has 0 aliphatic heterocycles. The minimum atomic E-state index is -1.16. The smallest absolute Gasteiger partial charge is 0.192 e. The van der Waals surface area contributed by atoms with Crippen molar-refractivity contribution in [1.82, 2.24) is 14.8 Å². The van der Waals surface area contributed by atoms with E-state index in [1.165, 1.54) is 11.3 Å². The van der Waals surface area contributed by atoms with Crippen LogP contribution in [0.4, 0.5) is 13.8 Å². The Morgan fingerprint density at radius 1 is 1.19 bits per heavy atom. The first-order valence-corrected chi connectivity index (χ1v) is 9.44. The van der Waals surface area contributed by atoms with Gasteiger partial charge < -0.3 is 15.0 Å². The first-order chi connectivity index (χ1) is 12.6. The molecule has 0 aliphatic rings. The standard InChI is InChI=1S/C18H19ClF2N4OS/c1-9(2)25-16(13-5-6-14(22)27-13)23-24-17(25)18(3,4)26-15-11(20)7-10(19)8-12(15)21/h5-9H,22H2,1-4H3. The van der Waals surface area contributed by atoms with Gasteiger partial charge in [0.2, 0.25) is 0 Å². The lowest BCUT2D eigenvalue weighted by Crippen LogP contribution is -2.31. The quantitative estimate of drug-likeness (QED) is 0.608. The number of anilines is 1. The summed E-state index contributed by atoms with van der Waals surface area (Å²) in [5.41, 5.74) is 4.67. The van der Waals surface area contributed by atoms with E-state index in [0.717, 1.165) is 17.0 Å². The molecule has 0 saturated heterocycles. The maximum atomic E-state index is 14.2. The molecule has 0 spiro atoms. The van der Waals surface area contributed by atoms with Crippen molar-refractivity contribution >= 4 is 27.9 Å². The summed E-state index contributed by atoms with van der Waals surface area (Å²) in [7, 11) is 0. The van der Waals surface area contributed by atoms with Gasteiger partial charge in [-0.25, -0.2) is 8.78 Å². The first kappa shape index (κ1) is 19.6. The molecule has 2 N–H and O–H groups in total. The number of thiophene rings is 1. The predicted octanol–water partition coefficient (Wildman–Crippen LogP) is 5.42. The Morgan fingerprint density at radius 3 is 2.33 bits per heavy atom. The lowest BCUT2D eigenvalue weighted by Gasteiger charge is -2.28. The van der Waals surface area contributed by atoms with Gasteiger partial charge in [0.05, 0.1) is 9.88 Å². The highest BCUT2D eigenvalue weighted by atomic mass is 35.5. The summed E-state index contributed by atoms with van der Waals surface area (Å²) in [6, 6.07) is 5.64. The lowest BCUT2D eigenvalue weighted by molar-refractivity contribution is 0.0814. The minimum absolute atomic E-state index is 0.0175. The normalized spacial score (nSPS) is 12.0. The van der Waals surface area contributed by atoms with Crippen molar-refractivity contribution < 1.29 is 13.5 Å². The molecule has 2 aromatic heterocycles. The van der Waals surface area contributed by atoms with Gasteiger partial charge in [-0.05, 0) is 52.0 Å². The maximum Gasteiger partial charge on any atom is 0.192 e. The third kappa shape index (κ3) is 3.77. The van der Waals surface area contributed by atoms with Gasteiger partial charge in [0, 0.05) is 11.1 Å². The van der Waals surface area contributed by atoms with Crippen molar-refractivity contribution in [3.63, 3.8) is 0 Å². The molecule has 0 atom stereocenters. The fourth-order valence-corrected chi connectivity index (χ4v) is 3.71. The van der Waals surface area contributed by atoms with Gasteiger partial charge >= 0.3 is 0 Å². The molecular weight excluding hydrogens is 394 g/mol. The number of benzene rings is 1. The van der Waals surface area contributed by atoms with Crippen LogP contribution in [-0.4, -0.2) is 14.8 Å². The maximum absolute atomic E-state index is 14.2. The van der Waals surface area contributed by atoms with E-state index in [0.29, 0.717) is 16.6 Å². The number of halogens is 3. The van der Waals surface area contributed by atoms with Gasteiger partial charge in [-0.1, -0.05) is 11.6 Å². The van der Waals surface area contributed by atoms with E-state index < -0.39 is 23.0 Å². The van der Waals surface area contributed by atoms with Crippen molar-refractivity contribution in [2.75, 3.05) is 5.73 Å². The summed E-state index contributed by atoms with van der Waals surface area (Å²) in [4.78, 5) is 0.847. The fraction of sp³-hybridized carbons (Fsp3) is 0.333. The van der Waals surface area contributed by atoms with E-state index in [1.807, 2.05) is 24.5 Å². The van der Waals surface area contributed by atoms with Crippen molar-refractivity contribution in [3.8, 4) is 16.5 Å². The average Bonchev–Trinajstić information content (AvgIpc) is 3.17. The van der Waals surface area contributed by atoms with Crippen molar-refractivity contribution in [1.29, 1.82) is 0 Å². The van der Waals surface area contributed by atoms with Crippen LogP contribution in [0.15, 0.2) is 24.3 Å². The Balaban J connectivity index is 2.06. The van der Waals surface area contributed by atoms with Gasteiger partial charge in [0.15, 0.2) is 34.6 Å². The van der Waals surface area contributed by atoms with Crippen LogP contribution >= 0.6 is 22.9 Å². The molecule has 3 rings (SSSR count). The number of hydrogen-bond acceptors (Lipinski definition) is 5. The molecule has 0 saturated carbocycles. The van der Waals surface area contributed by atoms with Crippen LogP contribution in [0.3, 0.4) is 0 Å². The van der Waals surface area contributed by atoms with E-state index >= 15 is 0 Å². The summed E-state index contributed by atoms with van der Waals surface area (Å²) in [5, 5.41) is 9.13. The highest BCUT2D eigenvalue weighted by Crippen LogP contribution is 2.36. The molecule has 3 aromatic rings. The first-order valence-electron chi connectivity index (χ1n) is 8.24. The van der Waals surface area contributed by atoms with E-state index in [4.69, 9.17) is 22.1 Å². The van der Waals surface area contributed by atoms with Gasteiger partial charge in [-0.2, -0.15) is 0 Å². The van der Waals surface area contributed by atoms with Crippen LogP contribution in [0, 0.1) is 11.6 Å². The summed E-state index contributed by atoms with van der Waals surface area (Å²) in [5.74, 6) is -1.21. The molecule has 0 unspecified atom stereocenters. The number of nitrogens with zero attached hydrogens (tertiary/aromatic N) is 3. The van der Waals surface area contributed by atoms with Crippen LogP contribution < -0.4 is 10.5 Å². The molecule has 0 radical (unpaired) electrons. The Hall–Kier alpha value is -2.19. The van der Waals surface area contributed by atoms with Crippen molar-refractivity contribution in [3.05, 3.63) is 46.7 Å². The van der Waals surface area contributed by atoms with Crippen molar-refractivity contribution in [2.24, 2.45) is 0 Å². The monoisotopic (exact) mass is 412 g/mol. The Kier molecular flexibility index (Phi) is 5.14. The Morgan fingerprint density at radius 2 is 1.81 bits per heavy atom. The lowest BCUT2D eigenvalue weighted by atomic mass is 10.1. The van der Waals surface area contributed by atoms with Gasteiger partial charge in [0.25, 0.3) is 0 Å². The number of ether oxygens (including phenoxy) is 1. The summed E-state index contributed by atoms with van der Waals surface area (Å²) in [6.45, 7) is 7.28. The zero-order valence-corrected chi connectivity index (χ0v) is 16.8. The molecule has 27 heavy (non-hydrogen) atoms. The third-order valence-electron chi connectivity index (χ3n) is 3.92. The zero-order valence-electron chi connectivity index (χ0n) is 15.3. The second-order valence-corrected chi connectivity index (χ2v) is 8.38. The predicted molar refractivity (Wildman–Crippen MR) is 103 cm³/mol. The van der Waals surface area contributed by atoms with E-state index in [9.17, 15) is 8.78 Å². The summed E-state index contributed by atoms with van der Waals surface area (Å²) in [6.07, 6.45) is 0. The molecule has 2 heterocycles. The average molecular weight is 413 g/mol. The number of nitrogen functional groups attached to an aromatic ring is 1. The van der Waals surface area contributed by atoms with Crippen molar-refractivity contribution in [2.45, 2.75) is 39.3 Å². The van der Waals surface area contributed by atoms with Gasteiger partial charge in [-0.3, -0.25) is 0 Å². The highest BCUT2D eigenvalue weighted by Gasteiger charge is 2.34. The fourth-order valence-electron chi connectivity index (χ4n) is 2.76. The molecule has 0 aliphatic carbocycles. The van der Waals surface area contributed by atoms with E-state index in [1.54, 1.807) is 19.9 Å². The van der Waals surface area contributed by atoms with Crippen LogP contribution in [0.2, 0.25) is 5.02 Å². The Bertz CT molecular complexity index is 961. The number of rotatable bonds is 5.